The lowest BCUT2D eigenvalue weighted by atomic mass is 10.2. The summed E-state index contributed by atoms with van der Waals surface area (Å²) in [5.74, 6) is -1.47. The molecule has 0 spiro atoms. The van der Waals surface area contributed by atoms with Gasteiger partial charge >= 0.3 is 18.0 Å². The Labute approximate surface area is 141 Å². The summed E-state index contributed by atoms with van der Waals surface area (Å²) in [6.45, 7) is 6.99. The van der Waals surface area contributed by atoms with Crippen molar-refractivity contribution in [3.05, 3.63) is 34.4 Å². The molecule has 0 atom stereocenters. The molecular weight excluding hydrogens is 341 g/mol. The molecule has 0 aliphatic carbocycles. The molecule has 10 heteroatoms. The van der Waals surface area contributed by atoms with Crippen LogP contribution in [-0.2, 0) is 6.18 Å². The van der Waals surface area contributed by atoms with E-state index in [2.05, 4.69) is 14.7 Å². The zero-order chi connectivity index (χ0) is 18.9. The molecule has 2 rings (SSSR count). The van der Waals surface area contributed by atoms with Gasteiger partial charge in [0.15, 0.2) is 0 Å². The van der Waals surface area contributed by atoms with Crippen molar-refractivity contribution in [3.63, 3.8) is 0 Å². The third-order valence-corrected chi connectivity index (χ3v) is 3.45. The van der Waals surface area contributed by atoms with Gasteiger partial charge in [-0.15, -0.1) is 0 Å². The van der Waals surface area contributed by atoms with E-state index < -0.39 is 23.5 Å². The van der Waals surface area contributed by atoms with Crippen LogP contribution in [0.1, 0.15) is 33.3 Å². The molecule has 0 saturated carbocycles. The van der Waals surface area contributed by atoms with Crippen LogP contribution in [0, 0.1) is 0 Å². The van der Waals surface area contributed by atoms with Gasteiger partial charge in [-0.25, -0.2) is 9.59 Å². The molecule has 2 heterocycles. The first kappa shape index (κ1) is 18.7. The maximum Gasteiger partial charge on any atom is 0.450 e. The van der Waals surface area contributed by atoms with Crippen molar-refractivity contribution < 1.29 is 22.5 Å². The molecule has 1 amide bonds. The van der Waals surface area contributed by atoms with Crippen LogP contribution < -0.4 is 5.76 Å². The summed E-state index contributed by atoms with van der Waals surface area (Å²) in [6.07, 6.45) is -3.67. The van der Waals surface area contributed by atoms with E-state index in [1.54, 1.807) is 27.7 Å². The third-order valence-electron chi connectivity index (χ3n) is 3.45. The molecule has 0 unspecified atom stereocenters. The lowest BCUT2D eigenvalue weighted by Gasteiger charge is -2.30. The first-order valence-corrected chi connectivity index (χ1v) is 7.49. The summed E-state index contributed by atoms with van der Waals surface area (Å²) in [6, 6.07) is 0.233. The van der Waals surface area contributed by atoms with Crippen LogP contribution in [0.2, 0.25) is 0 Å². The lowest BCUT2D eigenvalue weighted by Crippen LogP contribution is -2.46. The largest absolute Gasteiger partial charge is 0.450 e. The molecule has 2 aromatic rings. The Balaban J connectivity index is 2.57. The molecule has 136 valence electrons. The van der Waals surface area contributed by atoms with E-state index >= 15 is 0 Å². The molecule has 2 aromatic heterocycles. The van der Waals surface area contributed by atoms with Crippen molar-refractivity contribution in [2.75, 3.05) is 0 Å². The van der Waals surface area contributed by atoms with Crippen molar-refractivity contribution in [2.24, 2.45) is 0 Å². The van der Waals surface area contributed by atoms with Crippen molar-refractivity contribution >= 4 is 6.03 Å². The summed E-state index contributed by atoms with van der Waals surface area (Å²) in [7, 11) is 0. The summed E-state index contributed by atoms with van der Waals surface area (Å²) >= 11 is 0. The number of hydrogen-bond donors (Lipinski definition) is 0. The molecule has 0 radical (unpaired) electrons. The number of nitrogens with zero attached hydrogens (tertiary/aromatic N) is 4. The van der Waals surface area contributed by atoms with Crippen LogP contribution in [-0.4, -0.2) is 37.7 Å². The first-order valence-electron chi connectivity index (χ1n) is 7.49. The van der Waals surface area contributed by atoms with E-state index in [4.69, 9.17) is 0 Å². The SMILES string of the molecule is CC(C)N(C(=O)n1c(-c2cc(C(F)(F)F)ccn2)noc1=O)C(C)C. The van der Waals surface area contributed by atoms with Crippen LogP contribution in [0.4, 0.5) is 18.0 Å². The molecule has 0 aromatic carbocycles. The number of amides is 1. The highest BCUT2D eigenvalue weighted by Crippen LogP contribution is 2.30. The van der Waals surface area contributed by atoms with E-state index in [0.717, 1.165) is 12.3 Å². The number of carbonyl (C=O) groups excluding carboxylic acids is 1. The van der Waals surface area contributed by atoms with E-state index in [1.807, 2.05) is 0 Å². The van der Waals surface area contributed by atoms with Gasteiger partial charge in [0.2, 0.25) is 5.82 Å². The van der Waals surface area contributed by atoms with Gasteiger partial charge in [0.25, 0.3) is 0 Å². The van der Waals surface area contributed by atoms with Gasteiger partial charge in [-0.3, -0.25) is 9.51 Å². The molecule has 7 nitrogen and oxygen atoms in total. The molecule has 0 aliphatic heterocycles. The number of halogens is 3. The third kappa shape index (κ3) is 3.72. The zero-order valence-electron chi connectivity index (χ0n) is 14.0. The van der Waals surface area contributed by atoms with Crippen molar-refractivity contribution in [1.29, 1.82) is 0 Å². The average molecular weight is 358 g/mol. The van der Waals surface area contributed by atoms with Gasteiger partial charge in [0, 0.05) is 18.3 Å². The minimum absolute atomic E-state index is 0.253. The second-order valence-electron chi connectivity index (χ2n) is 5.91. The van der Waals surface area contributed by atoms with Crippen LogP contribution in [0.15, 0.2) is 27.6 Å². The minimum Gasteiger partial charge on any atom is -0.319 e. The number of carbonyl (C=O) groups is 1. The Hall–Kier alpha value is -2.65. The number of aromatic nitrogens is 3. The number of rotatable bonds is 3. The molecular formula is C15H17F3N4O3. The molecule has 0 aliphatic rings. The highest BCUT2D eigenvalue weighted by Gasteiger charge is 2.33. The van der Waals surface area contributed by atoms with Crippen molar-refractivity contribution in [1.82, 2.24) is 19.6 Å². The number of alkyl halides is 3. The zero-order valence-corrected chi connectivity index (χ0v) is 14.0. The fourth-order valence-electron chi connectivity index (χ4n) is 2.46. The minimum atomic E-state index is -4.60. The summed E-state index contributed by atoms with van der Waals surface area (Å²) < 4.78 is 43.7. The fourth-order valence-corrected chi connectivity index (χ4v) is 2.46. The van der Waals surface area contributed by atoms with Gasteiger partial charge in [-0.05, 0) is 39.8 Å². The monoisotopic (exact) mass is 358 g/mol. The molecule has 0 saturated heterocycles. The maximum atomic E-state index is 12.9. The summed E-state index contributed by atoms with van der Waals surface area (Å²) in [4.78, 5) is 29.8. The quantitative estimate of drug-likeness (QED) is 0.842. The van der Waals surface area contributed by atoms with Gasteiger partial charge in [0.05, 0.1) is 5.56 Å². The van der Waals surface area contributed by atoms with Crippen LogP contribution in [0.5, 0.6) is 0 Å². The average Bonchev–Trinajstić information content (AvgIpc) is 2.87. The number of pyridine rings is 1. The van der Waals surface area contributed by atoms with Crippen molar-refractivity contribution in [2.45, 2.75) is 46.0 Å². The highest BCUT2D eigenvalue weighted by atomic mass is 19.4. The normalized spacial score (nSPS) is 12.0. The molecule has 0 N–H and O–H groups in total. The second kappa shape index (κ2) is 6.69. The number of hydrogen-bond acceptors (Lipinski definition) is 5. The first-order chi connectivity index (χ1) is 11.5. The van der Waals surface area contributed by atoms with E-state index in [0.29, 0.717) is 10.6 Å². The fraction of sp³-hybridized carbons (Fsp3) is 0.467. The van der Waals surface area contributed by atoms with Gasteiger partial charge < -0.3 is 4.90 Å². The van der Waals surface area contributed by atoms with Crippen LogP contribution in [0.25, 0.3) is 11.5 Å². The predicted octanol–water partition coefficient (Wildman–Crippen LogP) is 3.00. The summed E-state index contributed by atoms with van der Waals surface area (Å²) in [5.41, 5.74) is -1.27. The highest BCUT2D eigenvalue weighted by molar-refractivity contribution is 5.81. The maximum absolute atomic E-state index is 12.9. The summed E-state index contributed by atoms with van der Waals surface area (Å²) in [5, 5.41) is 3.43. The Morgan fingerprint density at radius 3 is 2.36 bits per heavy atom. The van der Waals surface area contributed by atoms with Gasteiger partial charge in [-0.2, -0.15) is 17.7 Å². The molecule has 0 fully saturated rings. The van der Waals surface area contributed by atoms with Crippen molar-refractivity contribution in [3.8, 4) is 11.5 Å². The lowest BCUT2D eigenvalue weighted by molar-refractivity contribution is -0.137. The van der Waals surface area contributed by atoms with E-state index in [9.17, 15) is 22.8 Å². The standard InChI is InChI=1S/C15H17F3N4O3/c1-8(2)21(9(3)4)13(23)22-12(20-25-14(22)24)11-7-10(5-6-19-11)15(16,17)18/h5-9H,1-4H3. The Kier molecular flexibility index (Phi) is 5.00. The van der Waals surface area contributed by atoms with E-state index in [-0.39, 0.29) is 23.6 Å². The Morgan fingerprint density at radius 2 is 1.84 bits per heavy atom. The second-order valence-corrected chi connectivity index (χ2v) is 5.91. The smallest absolute Gasteiger partial charge is 0.319 e. The van der Waals surface area contributed by atoms with Crippen LogP contribution in [0.3, 0.4) is 0 Å². The van der Waals surface area contributed by atoms with Crippen LogP contribution >= 0.6 is 0 Å². The van der Waals surface area contributed by atoms with Gasteiger partial charge in [-0.1, -0.05) is 5.16 Å². The topological polar surface area (TPSA) is 81.2 Å². The molecule has 0 bridgehead atoms. The Morgan fingerprint density at radius 1 is 1.24 bits per heavy atom. The Bertz CT molecular complexity index is 816. The van der Waals surface area contributed by atoms with Gasteiger partial charge in [0.1, 0.15) is 5.69 Å². The molecule has 25 heavy (non-hydrogen) atoms. The predicted molar refractivity (Wildman–Crippen MR) is 81.9 cm³/mol. The van der Waals surface area contributed by atoms with E-state index in [1.165, 1.54) is 4.90 Å².